The molecule has 1 saturated heterocycles. The minimum Gasteiger partial charge on any atom is -0.439 e. The lowest BCUT2D eigenvalue weighted by molar-refractivity contribution is -0.182. The number of aromatic amines is 1. The van der Waals surface area contributed by atoms with E-state index in [0.29, 0.717) is 11.6 Å². The summed E-state index contributed by atoms with van der Waals surface area (Å²) < 4.78 is 47.5. The van der Waals surface area contributed by atoms with E-state index in [2.05, 4.69) is 40.8 Å². The Balaban J connectivity index is 1.06. The van der Waals surface area contributed by atoms with Crippen LogP contribution in [0.3, 0.4) is 0 Å². The molecule has 0 atom stereocenters. The molecule has 0 bridgehead atoms. The second kappa shape index (κ2) is 12.9. The number of ether oxygens (including phenoxy) is 1. The number of benzene rings is 2. The van der Waals surface area contributed by atoms with Crippen LogP contribution in [0.1, 0.15) is 41.4 Å². The Kier molecular flexibility index (Phi) is 8.69. The molecule has 11 nitrogen and oxygen atoms in total. The van der Waals surface area contributed by atoms with Crippen LogP contribution < -0.4 is 20.3 Å². The van der Waals surface area contributed by atoms with Crippen LogP contribution >= 0.6 is 0 Å². The summed E-state index contributed by atoms with van der Waals surface area (Å²) in [6.45, 7) is 7.67. The fourth-order valence-corrected chi connectivity index (χ4v) is 5.09. The number of amides is 1. The number of carbonyl (C=O) groups excluding carboxylic acids is 1. The molecule has 2 aromatic carbocycles. The molecule has 1 aliphatic rings. The van der Waals surface area contributed by atoms with E-state index in [0.717, 1.165) is 68.1 Å². The van der Waals surface area contributed by atoms with Crippen molar-refractivity contribution >= 4 is 11.6 Å². The van der Waals surface area contributed by atoms with E-state index < -0.39 is 23.3 Å². The van der Waals surface area contributed by atoms with Crippen molar-refractivity contribution in [2.45, 2.75) is 38.9 Å². The first-order chi connectivity index (χ1) is 22.5. The van der Waals surface area contributed by atoms with Crippen molar-refractivity contribution in [3.05, 3.63) is 96.0 Å². The SMILES string of the molecule is Cc1cc(-c2ccc(Oc3ccc(N4CCNCC4)cn3)cc2)ccc1-n1cc(C(=O)NCc2nc(C(C)(C)C(F)(F)F)n[nH]2)cn1. The maximum atomic E-state index is 13.3. The molecule has 6 rings (SSSR count). The Morgan fingerprint density at radius 1 is 1.00 bits per heavy atom. The first kappa shape index (κ1) is 31.7. The van der Waals surface area contributed by atoms with Crippen LogP contribution in [0.5, 0.6) is 11.6 Å². The zero-order chi connectivity index (χ0) is 33.2. The van der Waals surface area contributed by atoms with E-state index in [1.807, 2.05) is 67.7 Å². The van der Waals surface area contributed by atoms with Crippen molar-refractivity contribution in [3.63, 3.8) is 0 Å². The van der Waals surface area contributed by atoms with Crippen molar-refractivity contribution in [1.29, 1.82) is 0 Å². The number of nitrogens with one attached hydrogen (secondary N) is 3. The molecule has 1 fully saturated rings. The standard InChI is InChI=1S/C33H34F3N9O2/c1-21-16-23(22-4-8-26(9-5-22)47-29-11-7-25(18-38-29)44-14-12-37-13-15-44)6-10-27(21)45-20-24(17-40-45)30(46)39-19-28-41-31(43-42-28)32(2,3)33(34,35)36/h4-11,16-18,20,37H,12-15,19H2,1-3H3,(H,39,46)(H,41,42,43). The highest BCUT2D eigenvalue weighted by Crippen LogP contribution is 2.38. The second-order valence-corrected chi connectivity index (χ2v) is 11.8. The van der Waals surface area contributed by atoms with Gasteiger partial charge in [0.1, 0.15) is 17.0 Å². The molecule has 3 aromatic heterocycles. The molecule has 0 unspecified atom stereocenters. The molecule has 1 aliphatic heterocycles. The van der Waals surface area contributed by atoms with E-state index in [1.165, 1.54) is 6.20 Å². The minimum absolute atomic E-state index is 0.112. The van der Waals surface area contributed by atoms with E-state index in [9.17, 15) is 18.0 Å². The zero-order valence-electron chi connectivity index (χ0n) is 26.1. The first-order valence-electron chi connectivity index (χ1n) is 15.1. The maximum absolute atomic E-state index is 13.3. The van der Waals surface area contributed by atoms with Gasteiger partial charge in [-0.15, -0.1) is 0 Å². The zero-order valence-corrected chi connectivity index (χ0v) is 26.1. The van der Waals surface area contributed by atoms with Gasteiger partial charge in [-0.25, -0.2) is 14.6 Å². The predicted octanol–water partition coefficient (Wildman–Crippen LogP) is 5.33. The van der Waals surface area contributed by atoms with Crippen LogP contribution in [-0.2, 0) is 12.0 Å². The third-order valence-corrected chi connectivity index (χ3v) is 8.12. The van der Waals surface area contributed by atoms with E-state index in [1.54, 1.807) is 10.9 Å². The van der Waals surface area contributed by atoms with Gasteiger partial charge < -0.3 is 20.3 Å². The summed E-state index contributed by atoms with van der Waals surface area (Å²) in [7, 11) is 0. The smallest absolute Gasteiger partial charge is 0.401 e. The number of pyridine rings is 1. The molecule has 14 heteroatoms. The molecule has 3 N–H and O–H groups in total. The van der Waals surface area contributed by atoms with Crippen LogP contribution in [0.15, 0.2) is 73.2 Å². The molecule has 244 valence electrons. The molecule has 0 aliphatic carbocycles. The number of rotatable bonds is 9. The number of carbonyl (C=O) groups is 1. The van der Waals surface area contributed by atoms with Crippen LogP contribution in [0.2, 0.25) is 0 Å². The summed E-state index contributed by atoms with van der Waals surface area (Å²) >= 11 is 0. The van der Waals surface area contributed by atoms with Crippen molar-refractivity contribution in [1.82, 2.24) is 40.6 Å². The number of hydrogen-bond acceptors (Lipinski definition) is 8. The molecule has 0 radical (unpaired) electrons. The normalized spacial score (nSPS) is 13.9. The fraction of sp³-hybridized carbons (Fsp3) is 0.303. The van der Waals surface area contributed by atoms with Gasteiger partial charge in [-0.1, -0.05) is 18.2 Å². The van der Waals surface area contributed by atoms with Crippen molar-refractivity contribution in [2.75, 3.05) is 31.1 Å². The maximum Gasteiger partial charge on any atom is 0.401 e. The number of aromatic nitrogens is 6. The van der Waals surface area contributed by atoms with Gasteiger partial charge in [-0.05, 0) is 67.8 Å². The van der Waals surface area contributed by atoms with E-state index in [4.69, 9.17) is 4.74 Å². The highest BCUT2D eigenvalue weighted by Gasteiger charge is 2.51. The molecular formula is C33H34F3N9O2. The van der Waals surface area contributed by atoms with Crippen molar-refractivity contribution in [3.8, 4) is 28.4 Å². The highest BCUT2D eigenvalue weighted by atomic mass is 19.4. The summed E-state index contributed by atoms with van der Waals surface area (Å²) in [5.41, 5.74) is 2.87. The highest BCUT2D eigenvalue weighted by molar-refractivity contribution is 5.93. The first-order valence-corrected chi connectivity index (χ1v) is 15.1. The molecule has 47 heavy (non-hydrogen) atoms. The molecule has 1 amide bonds. The minimum atomic E-state index is -4.52. The molecule has 0 saturated carbocycles. The summed E-state index contributed by atoms with van der Waals surface area (Å²) in [6, 6.07) is 17.6. The number of alkyl halides is 3. The number of piperazine rings is 1. The quantitative estimate of drug-likeness (QED) is 0.196. The monoisotopic (exact) mass is 645 g/mol. The van der Waals surface area contributed by atoms with Gasteiger partial charge in [0.05, 0.1) is 35.9 Å². The van der Waals surface area contributed by atoms with Gasteiger partial charge >= 0.3 is 6.18 Å². The van der Waals surface area contributed by atoms with Gasteiger partial charge in [0.25, 0.3) is 5.91 Å². The fourth-order valence-electron chi connectivity index (χ4n) is 5.09. The molecule has 4 heterocycles. The lowest BCUT2D eigenvalue weighted by Crippen LogP contribution is -2.43. The Hall–Kier alpha value is -5.24. The average molecular weight is 646 g/mol. The largest absolute Gasteiger partial charge is 0.439 e. The topological polar surface area (TPSA) is 126 Å². The number of anilines is 1. The Bertz CT molecular complexity index is 1840. The van der Waals surface area contributed by atoms with Crippen molar-refractivity contribution < 1.29 is 22.7 Å². The van der Waals surface area contributed by atoms with Gasteiger partial charge in [0, 0.05) is 38.4 Å². The average Bonchev–Trinajstić information content (AvgIpc) is 3.75. The van der Waals surface area contributed by atoms with Crippen LogP contribution in [0.4, 0.5) is 18.9 Å². The van der Waals surface area contributed by atoms with Gasteiger partial charge in [-0.2, -0.15) is 23.4 Å². The van der Waals surface area contributed by atoms with Crippen LogP contribution in [0.25, 0.3) is 16.8 Å². The Labute approximate surface area is 269 Å². The summed E-state index contributed by atoms with van der Waals surface area (Å²) in [6.07, 6.45) is 0.337. The number of nitrogens with zero attached hydrogens (tertiary/aromatic N) is 6. The summed E-state index contributed by atoms with van der Waals surface area (Å²) in [5, 5.41) is 16.5. The lowest BCUT2D eigenvalue weighted by atomic mass is 9.92. The summed E-state index contributed by atoms with van der Waals surface area (Å²) in [5.74, 6) is 0.476. The number of hydrogen-bond donors (Lipinski definition) is 3. The Morgan fingerprint density at radius 3 is 2.43 bits per heavy atom. The van der Waals surface area contributed by atoms with Crippen molar-refractivity contribution in [2.24, 2.45) is 0 Å². The predicted molar refractivity (Wildman–Crippen MR) is 170 cm³/mol. The molecule has 0 spiro atoms. The van der Waals surface area contributed by atoms with Gasteiger partial charge in [-0.3, -0.25) is 9.89 Å². The molecule has 5 aromatic rings. The number of halogens is 3. The third kappa shape index (κ3) is 6.97. The number of aryl methyl sites for hydroxylation is 1. The van der Waals surface area contributed by atoms with Crippen LogP contribution in [-0.4, -0.2) is 68.2 Å². The summed E-state index contributed by atoms with van der Waals surface area (Å²) in [4.78, 5) is 23.4. The van der Waals surface area contributed by atoms with Crippen LogP contribution in [0, 0.1) is 6.92 Å². The van der Waals surface area contributed by atoms with E-state index >= 15 is 0 Å². The van der Waals surface area contributed by atoms with Gasteiger partial charge in [0.2, 0.25) is 5.88 Å². The number of H-pyrrole nitrogens is 1. The molecular weight excluding hydrogens is 611 g/mol. The lowest BCUT2D eigenvalue weighted by Gasteiger charge is -2.29. The third-order valence-electron chi connectivity index (χ3n) is 8.12. The second-order valence-electron chi connectivity index (χ2n) is 11.8. The van der Waals surface area contributed by atoms with Gasteiger partial charge in [0.15, 0.2) is 5.82 Å². The Morgan fingerprint density at radius 2 is 1.74 bits per heavy atom. The van der Waals surface area contributed by atoms with E-state index in [-0.39, 0.29) is 17.9 Å².